The average Bonchev–Trinajstić information content (AvgIpc) is 3.02. The van der Waals surface area contributed by atoms with Crippen molar-refractivity contribution in [2.45, 2.75) is 30.7 Å². The molecule has 124 valence electrons. The first-order valence-electron chi connectivity index (χ1n) is 7.89. The van der Waals surface area contributed by atoms with Crippen LogP contribution in [-0.4, -0.2) is 22.1 Å². The minimum absolute atomic E-state index is 0.0398. The number of benzene rings is 1. The van der Waals surface area contributed by atoms with E-state index in [0.29, 0.717) is 6.42 Å². The first-order chi connectivity index (χ1) is 11.7. The molecule has 3 aromatic rings. The highest BCUT2D eigenvalue weighted by Crippen LogP contribution is 2.23. The largest absolute Gasteiger partial charge is 0.325 e. The molecule has 0 saturated carbocycles. The Hall–Kier alpha value is -1.92. The summed E-state index contributed by atoms with van der Waals surface area (Å²) in [6.07, 6.45) is 6.96. The van der Waals surface area contributed by atoms with E-state index < -0.39 is 0 Å². The maximum absolute atomic E-state index is 12.0. The molecule has 1 aromatic carbocycles. The predicted octanol–water partition coefficient (Wildman–Crippen LogP) is 4.76. The molecule has 1 amide bonds. The molecule has 0 spiro atoms. The number of unbranched alkanes of at least 4 members (excludes halogenated alkanes) is 1. The van der Waals surface area contributed by atoms with Crippen molar-refractivity contribution < 1.29 is 4.79 Å². The zero-order chi connectivity index (χ0) is 16.8. The molecule has 0 saturated heterocycles. The molecule has 2 aromatic heterocycles. The predicted molar refractivity (Wildman–Crippen MR) is 102 cm³/mol. The van der Waals surface area contributed by atoms with E-state index in [1.54, 1.807) is 29.3 Å². The number of thioether (sulfide) groups is 1. The van der Waals surface area contributed by atoms with Gasteiger partial charge in [-0.3, -0.25) is 4.79 Å². The Balaban J connectivity index is 1.41. The molecule has 3 rings (SSSR count). The minimum Gasteiger partial charge on any atom is -0.325 e. The van der Waals surface area contributed by atoms with Crippen molar-refractivity contribution in [3.05, 3.63) is 47.6 Å². The Morgan fingerprint density at radius 1 is 1.21 bits per heavy atom. The lowest BCUT2D eigenvalue weighted by Gasteiger charge is -2.05. The lowest BCUT2D eigenvalue weighted by atomic mass is 10.2. The molecule has 2 heterocycles. The maximum Gasteiger partial charge on any atom is 0.224 e. The van der Waals surface area contributed by atoms with Crippen molar-refractivity contribution in [2.24, 2.45) is 0 Å². The number of aromatic nitrogens is 2. The van der Waals surface area contributed by atoms with Crippen molar-refractivity contribution in [2.75, 3.05) is 11.6 Å². The van der Waals surface area contributed by atoms with Crippen molar-refractivity contribution >= 4 is 44.9 Å². The third kappa shape index (κ3) is 4.55. The number of aryl methyl sites for hydroxylation is 1. The van der Waals surface area contributed by atoms with E-state index in [0.717, 1.165) is 40.5 Å². The number of amides is 1. The molecule has 0 aliphatic carbocycles. The summed E-state index contributed by atoms with van der Waals surface area (Å²) in [4.78, 5) is 20.8. The van der Waals surface area contributed by atoms with E-state index in [4.69, 9.17) is 0 Å². The average molecular weight is 358 g/mol. The van der Waals surface area contributed by atoms with Crippen LogP contribution in [-0.2, 0) is 11.2 Å². The summed E-state index contributed by atoms with van der Waals surface area (Å²) in [5.41, 5.74) is 1.82. The Bertz CT molecular complexity index is 782. The zero-order valence-corrected chi connectivity index (χ0v) is 15.1. The van der Waals surface area contributed by atoms with E-state index in [-0.39, 0.29) is 5.91 Å². The zero-order valence-electron chi connectivity index (χ0n) is 13.5. The van der Waals surface area contributed by atoms with Crippen molar-refractivity contribution in [1.29, 1.82) is 0 Å². The molecular formula is C18H19N3OS2. The number of carbonyl (C=O) groups excluding carboxylic acids is 1. The number of hydrogen-bond donors (Lipinski definition) is 1. The maximum atomic E-state index is 12.0. The number of rotatable bonds is 7. The number of para-hydroxylation sites is 1. The van der Waals surface area contributed by atoms with Gasteiger partial charge in [-0.1, -0.05) is 12.1 Å². The summed E-state index contributed by atoms with van der Waals surface area (Å²) >= 11 is 3.32. The first kappa shape index (κ1) is 16.9. The number of nitrogens with zero attached hydrogens (tertiary/aromatic N) is 2. The van der Waals surface area contributed by atoms with Crippen molar-refractivity contribution in [3.8, 4) is 0 Å². The van der Waals surface area contributed by atoms with E-state index in [1.165, 1.54) is 4.70 Å². The fraction of sp³-hybridized carbons (Fsp3) is 0.278. The Labute approximate surface area is 149 Å². The summed E-state index contributed by atoms with van der Waals surface area (Å²) in [5, 5.41) is 4.98. The van der Waals surface area contributed by atoms with Gasteiger partial charge in [0.1, 0.15) is 0 Å². The van der Waals surface area contributed by atoms with Crippen LogP contribution < -0.4 is 5.32 Å². The molecule has 0 fully saturated rings. The van der Waals surface area contributed by atoms with Gasteiger partial charge in [0.05, 0.1) is 32.1 Å². The fourth-order valence-electron chi connectivity index (χ4n) is 2.39. The second kappa shape index (κ2) is 8.26. The van der Waals surface area contributed by atoms with Gasteiger partial charge in [-0.15, -0.1) is 23.1 Å². The van der Waals surface area contributed by atoms with Crippen LogP contribution >= 0.6 is 23.1 Å². The summed E-state index contributed by atoms with van der Waals surface area (Å²) in [6, 6.07) is 12.0. The highest BCUT2D eigenvalue weighted by molar-refractivity contribution is 7.98. The van der Waals surface area contributed by atoms with E-state index >= 15 is 0 Å². The Kier molecular flexibility index (Phi) is 5.82. The van der Waals surface area contributed by atoms with Crippen molar-refractivity contribution in [1.82, 2.24) is 9.97 Å². The number of anilines is 1. The number of fused-ring (bicyclic) bond motifs is 1. The van der Waals surface area contributed by atoms with Gasteiger partial charge in [0.15, 0.2) is 0 Å². The van der Waals surface area contributed by atoms with Gasteiger partial charge in [0, 0.05) is 6.42 Å². The van der Waals surface area contributed by atoms with Crippen LogP contribution in [0.4, 0.5) is 5.69 Å². The molecule has 0 bridgehead atoms. The molecule has 0 unspecified atom stereocenters. The molecule has 6 heteroatoms. The van der Waals surface area contributed by atoms with Crippen LogP contribution in [0.1, 0.15) is 24.3 Å². The first-order valence-corrected chi connectivity index (χ1v) is 9.93. The quantitative estimate of drug-likeness (QED) is 0.489. The number of thiazole rings is 1. The van der Waals surface area contributed by atoms with Gasteiger partial charge in [-0.05, 0) is 49.8 Å². The van der Waals surface area contributed by atoms with Crippen molar-refractivity contribution in [3.63, 3.8) is 0 Å². The van der Waals surface area contributed by atoms with Gasteiger partial charge in [0.2, 0.25) is 5.91 Å². The van der Waals surface area contributed by atoms with Gasteiger partial charge in [0.25, 0.3) is 0 Å². The second-order valence-corrected chi connectivity index (χ2v) is 7.36. The molecule has 0 aliphatic heterocycles. The highest BCUT2D eigenvalue weighted by Gasteiger charge is 2.05. The van der Waals surface area contributed by atoms with Crippen LogP contribution in [0.5, 0.6) is 0 Å². The van der Waals surface area contributed by atoms with Crippen LogP contribution in [0.3, 0.4) is 0 Å². The lowest BCUT2D eigenvalue weighted by Crippen LogP contribution is -2.11. The third-order valence-corrected chi connectivity index (χ3v) is 5.37. The summed E-state index contributed by atoms with van der Waals surface area (Å²) in [7, 11) is 0. The summed E-state index contributed by atoms with van der Waals surface area (Å²) in [5.74, 6) is 0.0398. The Morgan fingerprint density at radius 3 is 2.83 bits per heavy atom. The number of nitrogens with one attached hydrogen (secondary N) is 1. The molecule has 0 atom stereocenters. The topological polar surface area (TPSA) is 54.9 Å². The molecule has 1 N–H and O–H groups in total. The van der Waals surface area contributed by atoms with Crippen LogP contribution in [0.25, 0.3) is 10.2 Å². The number of hydrogen-bond acceptors (Lipinski definition) is 5. The fourth-order valence-corrected chi connectivity index (χ4v) is 3.76. The number of pyridine rings is 1. The summed E-state index contributed by atoms with van der Waals surface area (Å²) in [6.45, 7) is 0. The van der Waals surface area contributed by atoms with Gasteiger partial charge in [-0.25, -0.2) is 9.97 Å². The van der Waals surface area contributed by atoms with Crippen LogP contribution in [0.2, 0.25) is 0 Å². The second-order valence-electron chi connectivity index (χ2n) is 5.42. The van der Waals surface area contributed by atoms with Gasteiger partial charge < -0.3 is 5.32 Å². The van der Waals surface area contributed by atoms with Gasteiger partial charge in [-0.2, -0.15) is 0 Å². The van der Waals surface area contributed by atoms with Crippen LogP contribution in [0, 0.1) is 0 Å². The highest BCUT2D eigenvalue weighted by atomic mass is 32.2. The van der Waals surface area contributed by atoms with E-state index in [1.807, 2.05) is 36.6 Å². The smallest absolute Gasteiger partial charge is 0.224 e. The summed E-state index contributed by atoms with van der Waals surface area (Å²) < 4.78 is 1.23. The SMILES string of the molecule is CSc1ccc(NC(=O)CCCCc2nc3ccccc3s2)cn1. The molecule has 0 radical (unpaired) electrons. The van der Waals surface area contributed by atoms with E-state index in [2.05, 4.69) is 21.4 Å². The van der Waals surface area contributed by atoms with Crippen LogP contribution in [0.15, 0.2) is 47.6 Å². The number of carbonyl (C=O) groups is 1. The molecular weight excluding hydrogens is 338 g/mol. The normalized spacial score (nSPS) is 10.9. The molecule has 0 aliphatic rings. The standard InChI is InChI=1S/C18H19N3OS2/c1-23-17-11-10-13(12-19-17)20-16(22)8-4-5-9-18-21-14-6-2-3-7-15(14)24-18/h2-3,6-7,10-12H,4-5,8-9H2,1H3,(H,20,22). The monoisotopic (exact) mass is 357 g/mol. The van der Waals surface area contributed by atoms with Gasteiger partial charge >= 0.3 is 0 Å². The Morgan fingerprint density at radius 2 is 2.08 bits per heavy atom. The van der Waals surface area contributed by atoms with E-state index in [9.17, 15) is 4.79 Å². The molecule has 24 heavy (non-hydrogen) atoms. The third-order valence-electron chi connectivity index (χ3n) is 3.61. The minimum atomic E-state index is 0.0398. The lowest BCUT2D eigenvalue weighted by molar-refractivity contribution is -0.116. The molecule has 4 nitrogen and oxygen atoms in total.